The van der Waals surface area contributed by atoms with Gasteiger partial charge >= 0.3 is 0 Å². The first-order valence-electron chi connectivity index (χ1n) is 8.08. The third-order valence-electron chi connectivity index (χ3n) is 4.60. The number of fused-ring (bicyclic) bond motifs is 4. The van der Waals surface area contributed by atoms with Crippen molar-refractivity contribution in [2.45, 2.75) is 6.92 Å². The van der Waals surface area contributed by atoms with Gasteiger partial charge in [0.1, 0.15) is 0 Å². The molecule has 24 heavy (non-hydrogen) atoms. The molecule has 0 aliphatic heterocycles. The average Bonchev–Trinajstić information content (AvgIpc) is 2.99. The number of nitrogens with zero attached hydrogens (tertiary/aromatic N) is 1. The molecule has 0 saturated heterocycles. The van der Waals surface area contributed by atoms with Gasteiger partial charge in [0, 0.05) is 31.1 Å². The number of para-hydroxylation sites is 1. The lowest BCUT2D eigenvalue weighted by Crippen LogP contribution is -1.88. The maximum Gasteiger partial charge on any atom is 0.0712 e. The molecule has 2 heteroatoms. The molecule has 5 rings (SSSR count). The highest BCUT2D eigenvalue weighted by Gasteiger charge is 2.09. The van der Waals surface area contributed by atoms with Crippen molar-refractivity contribution in [2.24, 2.45) is 0 Å². The molecule has 0 bridgehead atoms. The van der Waals surface area contributed by atoms with Gasteiger partial charge in [0.15, 0.2) is 0 Å². The maximum absolute atomic E-state index is 4.88. The fourth-order valence-corrected chi connectivity index (χ4v) is 4.47. The highest BCUT2D eigenvalue weighted by Crippen LogP contribution is 2.36. The van der Waals surface area contributed by atoms with Crippen LogP contribution in [0.4, 0.5) is 0 Å². The lowest BCUT2D eigenvalue weighted by Gasteiger charge is -2.07. The van der Waals surface area contributed by atoms with Crippen LogP contribution in [0.3, 0.4) is 0 Å². The van der Waals surface area contributed by atoms with E-state index in [0.717, 1.165) is 11.2 Å². The molecule has 2 aromatic heterocycles. The number of hydrogen-bond donors (Lipinski definition) is 0. The minimum Gasteiger partial charge on any atom is -0.248 e. The predicted octanol–water partition coefficient (Wildman–Crippen LogP) is 6.58. The van der Waals surface area contributed by atoms with Gasteiger partial charge in [-0.25, -0.2) is 4.98 Å². The Labute approximate surface area is 144 Å². The third-order valence-corrected chi connectivity index (χ3v) is 5.75. The fraction of sp³-hybridized carbons (Fsp3) is 0.0455. The Morgan fingerprint density at radius 1 is 0.708 bits per heavy atom. The van der Waals surface area contributed by atoms with Crippen LogP contribution in [0, 0.1) is 6.92 Å². The monoisotopic (exact) mass is 325 g/mol. The normalized spacial score (nSPS) is 11.5. The number of rotatable bonds is 1. The summed E-state index contributed by atoms with van der Waals surface area (Å²) in [6, 6.07) is 25.8. The van der Waals surface area contributed by atoms with Crippen molar-refractivity contribution in [1.29, 1.82) is 0 Å². The van der Waals surface area contributed by atoms with Gasteiger partial charge in [-0.3, -0.25) is 0 Å². The molecular weight excluding hydrogens is 310 g/mol. The van der Waals surface area contributed by atoms with Crippen molar-refractivity contribution in [3.8, 4) is 11.3 Å². The Kier molecular flexibility index (Phi) is 2.94. The van der Waals surface area contributed by atoms with Crippen molar-refractivity contribution in [2.75, 3.05) is 0 Å². The highest BCUT2D eigenvalue weighted by molar-refractivity contribution is 7.25. The van der Waals surface area contributed by atoms with Crippen molar-refractivity contribution in [3.05, 3.63) is 78.4 Å². The van der Waals surface area contributed by atoms with E-state index in [4.69, 9.17) is 4.98 Å². The van der Waals surface area contributed by atoms with Gasteiger partial charge in [0.25, 0.3) is 0 Å². The number of pyridine rings is 1. The lowest BCUT2D eigenvalue weighted by atomic mass is 10.0. The Hall–Kier alpha value is -2.71. The summed E-state index contributed by atoms with van der Waals surface area (Å²) >= 11 is 1.85. The molecule has 0 atom stereocenters. The summed E-state index contributed by atoms with van der Waals surface area (Å²) in [5.74, 6) is 0. The Morgan fingerprint density at radius 2 is 1.46 bits per heavy atom. The number of aromatic nitrogens is 1. The predicted molar refractivity (Wildman–Crippen MR) is 105 cm³/mol. The topological polar surface area (TPSA) is 12.9 Å². The van der Waals surface area contributed by atoms with E-state index in [1.807, 2.05) is 17.4 Å². The number of aryl methyl sites for hydroxylation is 1. The molecule has 0 spiro atoms. The van der Waals surface area contributed by atoms with Crippen LogP contribution >= 0.6 is 11.3 Å². The summed E-state index contributed by atoms with van der Waals surface area (Å²) < 4.78 is 2.67. The summed E-state index contributed by atoms with van der Waals surface area (Å²) in [6.07, 6.45) is 0. The molecule has 3 aromatic carbocycles. The number of benzene rings is 3. The largest absolute Gasteiger partial charge is 0.248 e. The van der Waals surface area contributed by atoms with Gasteiger partial charge in [-0.15, -0.1) is 11.3 Å². The van der Waals surface area contributed by atoms with Crippen LogP contribution in [0.1, 0.15) is 5.56 Å². The summed E-state index contributed by atoms with van der Waals surface area (Å²) in [6.45, 7) is 2.16. The van der Waals surface area contributed by atoms with Crippen molar-refractivity contribution < 1.29 is 0 Å². The van der Waals surface area contributed by atoms with Crippen molar-refractivity contribution in [3.63, 3.8) is 0 Å². The first-order chi connectivity index (χ1) is 11.8. The summed E-state index contributed by atoms with van der Waals surface area (Å²) in [5, 5.41) is 3.88. The molecule has 0 radical (unpaired) electrons. The molecule has 2 heterocycles. The standard InChI is InChI=1S/C22H15NS/c1-14-12-20(23-19-8-4-2-6-16(14)19)15-10-11-22-18(13-15)17-7-3-5-9-21(17)24-22/h2-13H,1H3. The van der Waals surface area contributed by atoms with Gasteiger partial charge < -0.3 is 0 Å². The van der Waals surface area contributed by atoms with E-state index in [1.165, 1.54) is 36.7 Å². The smallest absolute Gasteiger partial charge is 0.0712 e. The Bertz CT molecular complexity index is 1220. The van der Waals surface area contributed by atoms with E-state index in [0.29, 0.717) is 0 Å². The zero-order valence-electron chi connectivity index (χ0n) is 13.3. The van der Waals surface area contributed by atoms with Crippen LogP contribution in [-0.4, -0.2) is 4.98 Å². The van der Waals surface area contributed by atoms with Gasteiger partial charge in [-0.1, -0.05) is 42.5 Å². The quantitative estimate of drug-likeness (QED) is 0.339. The van der Waals surface area contributed by atoms with Crippen molar-refractivity contribution >= 4 is 42.4 Å². The lowest BCUT2D eigenvalue weighted by molar-refractivity contribution is 1.36. The van der Waals surface area contributed by atoms with E-state index in [9.17, 15) is 0 Å². The van der Waals surface area contributed by atoms with Crippen LogP contribution < -0.4 is 0 Å². The van der Waals surface area contributed by atoms with Crippen LogP contribution in [0.5, 0.6) is 0 Å². The number of thiophene rings is 1. The van der Waals surface area contributed by atoms with E-state index in [1.54, 1.807) is 0 Å². The molecule has 1 nitrogen and oxygen atoms in total. The highest BCUT2D eigenvalue weighted by atomic mass is 32.1. The molecule has 114 valence electrons. The molecule has 0 N–H and O–H groups in total. The van der Waals surface area contributed by atoms with Crippen LogP contribution in [0.2, 0.25) is 0 Å². The zero-order valence-corrected chi connectivity index (χ0v) is 14.1. The van der Waals surface area contributed by atoms with Crippen molar-refractivity contribution in [1.82, 2.24) is 4.98 Å². The van der Waals surface area contributed by atoms with Crippen LogP contribution in [0.25, 0.3) is 42.3 Å². The first kappa shape index (κ1) is 13.7. The van der Waals surface area contributed by atoms with Crippen LogP contribution in [-0.2, 0) is 0 Å². The second-order valence-electron chi connectivity index (χ2n) is 6.15. The third kappa shape index (κ3) is 2.04. The SMILES string of the molecule is Cc1cc(-c2ccc3sc4ccccc4c3c2)nc2ccccc12. The van der Waals surface area contributed by atoms with Gasteiger partial charge in [-0.05, 0) is 42.8 Å². The Balaban J connectivity index is 1.78. The van der Waals surface area contributed by atoms with Gasteiger partial charge in [0.2, 0.25) is 0 Å². The second kappa shape index (κ2) is 5.15. The van der Waals surface area contributed by atoms with Crippen LogP contribution in [0.15, 0.2) is 72.8 Å². The molecule has 0 aliphatic rings. The van der Waals surface area contributed by atoms with Gasteiger partial charge in [0.05, 0.1) is 11.2 Å². The molecule has 0 aliphatic carbocycles. The summed E-state index contributed by atoms with van der Waals surface area (Å²) in [4.78, 5) is 4.88. The molecule has 0 saturated carbocycles. The van der Waals surface area contributed by atoms with E-state index in [2.05, 4.69) is 73.7 Å². The summed E-state index contributed by atoms with van der Waals surface area (Å²) in [7, 11) is 0. The van der Waals surface area contributed by atoms with E-state index < -0.39 is 0 Å². The van der Waals surface area contributed by atoms with Gasteiger partial charge in [-0.2, -0.15) is 0 Å². The minimum atomic E-state index is 1.04. The summed E-state index contributed by atoms with van der Waals surface area (Å²) in [5.41, 5.74) is 4.55. The molecule has 0 unspecified atom stereocenters. The molecular formula is C22H15NS. The zero-order chi connectivity index (χ0) is 16.1. The average molecular weight is 325 g/mol. The maximum atomic E-state index is 4.88. The molecule has 0 amide bonds. The number of hydrogen-bond acceptors (Lipinski definition) is 2. The molecule has 0 fully saturated rings. The molecule has 5 aromatic rings. The Morgan fingerprint density at radius 3 is 2.38 bits per heavy atom. The second-order valence-corrected chi connectivity index (χ2v) is 7.23. The minimum absolute atomic E-state index is 1.04. The fourth-order valence-electron chi connectivity index (χ4n) is 3.38. The first-order valence-corrected chi connectivity index (χ1v) is 8.89. The van der Waals surface area contributed by atoms with E-state index >= 15 is 0 Å². The van der Waals surface area contributed by atoms with E-state index in [-0.39, 0.29) is 0 Å².